The van der Waals surface area contributed by atoms with E-state index in [0.717, 1.165) is 34.8 Å². The number of halogens is 1. The average molecular weight is 487 g/mol. The molecule has 0 radical (unpaired) electrons. The van der Waals surface area contributed by atoms with E-state index in [-0.39, 0.29) is 23.7 Å². The van der Waals surface area contributed by atoms with Crippen LogP contribution >= 0.6 is 23.7 Å². The number of aromatic nitrogens is 3. The summed E-state index contributed by atoms with van der Waals surface area (Å²) in [7, 11) is 1.67. The van der Waals surface area contributed by atoms with Gasteiger partial charge in [-0.2, -0.15) is 0 Å². The lowest BCUT2D eigenvalue weighted by atomic mass is 9.87. The summed E-state index contributed by atoms with van der Waals surface area (Å²) in [5.41, 5.74) is 1.14. The lowest BCUT2D eigenvalue weighted by Gasteiger charge is -2.28. The number of hydrogen-bond acceptors (Lipinski definition) is 7. The number of pyridine rings is 1. The van der Waals surface area contributed by atoms with Crippen molar-refractivity contribution in [1.82, 2.24) is 19.4 Å². The number of ether oxygens (including phenoxy) is 2. The van der Waals surface area contributed by atoms with Crippen molar-refractivity contribution >= 4 is 44.2 Å². The first kappa shape index (κ1) is 21.9. The fourth-order valence-corrected chi connectivity index (χ4v) is 6.02. The van der Waals surface area contributed by atoms with Crippen LogP contribution in [0.4, 0.5) is 0 Å². The Kier molecular flexibility index (Phi) is 5.64. The fourth-order valence-electron chi connectivity index (χ4n) is 4.98. The van der Waals surface area contributed by atoms with Gasteiger partial charge in [-0.1, -0.05) is 0 Å². The normalized spacial score (nSPS) is 19.7. The van der Waals surface area contributed by atoms with Gasteiger partial charge in [0, 0.05) is 55.2 Å². The van der Waals surface area contributed by atoms with Crippen molar-refractivity contribution in [2.24, 2.45) is 5.92 Å². The van der Waals surface area contributed by atoms with Crippen LogP contribution in [0.15, 0.2) is 46.1 Å². The molecule has 3 aromatic heterocycles. The molecule has 4 aromatic rings. The van der Waals surface area contributed by atoms with Gasteiger partial charge in [-0.05, 0) is 30.3 Å². The first-order valence-corrected chi connectivity index (χ1v) is 11.5. The second-order valence-corrected chi connectivity index (χ2v) is 9.39. The monoisotopic (exact) mass is 486 g/mol. The number of benzene rings is 1. The molecule has 1 fully saturated rings. The Bertz CT molecular complexity index is 1460. The van der Waals surface area contributed by atoms with E-state index in [9.17, 15) is 9.59 Å². The van der Waals surface area contributed by atoms with Gasteiger partial charge in [0.25, 0.3) is 5.56 Å². The molecule has 6 rings (SSSR count). The predicted octanol–water partition coefficient (Wildman–Crippen LogP) is 2.84. The third-order valence-electron chi connectivity index (χ3n) is 6.61. The molecule has 2 aliphatic rings. The van der Waals surface area contributed by atoms with Crippen LogP contribution in [0.2, 0.25) is 0 Å². The minimum atomic E-state index is -0.374. The smallest absolute Gasteiger partial charge is 0.328 e. The number of nitrogens with zero attached hydrogens (tertiary/aromatic N) is 3. The number of H-pyrrole nitrogens is 1. The third kappa shape index (κ3) is 3.60. The minimum absolute atomic E-state index is 0. The van der Waals surface area contributed by atoms with E-state index in [2.05, 4.69) is 20.9 Å². The largest absolute Gasteiger partial charge is 0.497 e. The van der Waals surface area contributed by atoms with Crippen molar-refractivity contribution in [2.75, 3.05) is 33.4 Å². The van der Waals surface area contributed by atoms with Gasteiger partial charge in [-0.3, -0.25) is 9.36 Å². The number of aromatic amines is 1. The molecule has 0 spiro atoms. The number of hydrogen-bond donors (Lipinski definition) is 1. The Hall–Kier alpha value is -2.88. The second-order valence-electron chi connectivity index (χ2n) is 8.39. The number of likely N-dealkylation sites (tertiary alicyclic amines) is 1. The molecule has 8 nitrogen and oxygen atoms in total. The van der Waals surface area contributed by atoms with E-state index in [4.69, 9.17) is 9.47 Å². The van der Waals surface area contributed by atoms with E-state index in [1.165, 1.54) is 21.5 Å². The average Bonchev–Trinajstić information content (AvgIpc) is 3.40. The molecule has 1 N–H and O–H groups in total. The molecule has 5 heterocycles. The highest BCUT2D eigenvalue weighted by Gasteiger charge is 2.38. The zero-order valence-electron chi connectivity index (χ0n) is 17.9. The molecule has 0 unspecified atom stereocenters. The Morgan fingerprint density at radius 1 is 1.24 bits per heavy atom. The fraction of sp³-hybridized carbons (Fsp3) is 0.348. The quantitative estimate of drug-likeness (QED) is 0.477. The lowest BCUT2D eigenvalue weighted by molar-refractivity contribution is 0.211. The highest BCUT2D eigenvalue weighted by molar-refractivity contribution is 7.25. The summed E-state index contributed by atoms with van der Waals surface area (Å²) in [5, 5.41) is 0.812. The lowest BCUT2D eigenvalue weighted by Crippen LogP contribution is -2.38. The topological polar surface area (TPSA) is 89.5 Å². The van der Waals surface area contributed by atoms with Crippen molar-refractivity contribution in [3.05, 3.63) is 62.9 Å². The van der Waals surface area contributed by atoms with Crippen molar-refractivity contribution in [3.8, 4) is 11.5 Å². The number of thiophene rings is 1. The Balaban J connectivity index is 0.00000228. The second kappa shape index (κ2) is 8.48. The zero-order chi connectivity index (χ0) is 21.8. The highest BCUT2D eigenvalue weighted by Crippen LogP contribution is 2.42. The van der Waals surface area contributed by atoms with Gasteiger partial charge in [0.2, 0.25) is 0 Å². The molecule has 2 aliphatic heterocycles. The molecule has 172 valence electrons. The summed E-state index contributed by atoms with van der Waals surface area (Å²) in [6.07, 6.45) is 1.69. The van der Waals surface area contributed by atoms with Crippen LogP contribution in [-0.4, -0.2) is 52.8 Å². The first-order valence-electron chi connectivity index (χ1n) is 10.7. The summed E-state index contributed by atoms with van der Waals surface area (Å²) in [5.74, 6) is 2.50. The van der Waals surface area contributed by atoms with Crippen molar-refractivity contribution < 1.29 is 9.47 Å². The maximum Gasteiger partial charge on any atom is 0.328 e. The molecule has 0 bridgehead atoms. The number of nitrogens with one attached hydrogen (secondary N) is 1. The van der Waals surface area contributed by atoms with Gasteiger partial charge >= 0.3 is 5.69 Å². The SMILES string of the molecule is COc1ccc2c(c1)[C@@H]1CN(CCn3c(=O)[nH]c4c(sc5ncccc54)c3=O)C[C@@H]1CO2.Cl. The van der Waals surface area contributed by atoms with Crippen molar-refractivity contribution in [1.29, 1.82) is 0 Å². The summed E-state index contributed by atoms with van der Waals surface area (Å²) in [4.78, 5) is 36.1. The van der Waals surface area contributed by atoms with Crippen LogP contribution in [0.3, 0.4) is 0 Å². The molecule has 1 aromatic carbocycles. The molecule has 1 saturated heterocycles. The Labute approximate surface area is 199 Å². The molecule has 10 heteroatoms. The van der Waals surface area contributed by atoms with E-state index in [1.54, 1.807) is 13.3 Å². The summed E-state index contributed by atoms with van der Waals surface area (Å²) in [6.45, 7) is 3.40. The Morgan fingerprint density at radius 2 is 2.12 bits per heavy atom. The van der Waals surface area contributed by atoms with E-state index in [0.29, 0.717) is 41.7 Å². The first-order chi connectivity index (χ1) is 15.6. The molecule has 0 amide bonds. The molecule has 2 atom stereocenters. The summed E-state index contributed by atoms with van der Waals surface area (Å²) in [6, 6.07) is 9.64. The summed E-state index contributed by atoms with van der Waals surface area (Å²) < 4.78 is 13.2. The summed E-state index contributed by atoms with van der Waals surface area (Å²) >= 11 is 1.32. The van der Waals surface area contributed by atoms with Crippen LogP contribution in [0.25, 0.3) is 20.4 Å². The molecule has 33 heavy (non-hydrogen) atoms. The van der Waals surface area contributed by atoms with Gasteiger partial charge < -0.3 is 19.4 Å². The van der Waals surface area contributed by atoms with Crippen LogP contribution in [0.1, 0.15) is 11.5 Å². The molecular formula is C23H23ClN4O4S. The minimum Gasteiger partial charge on any atom is -0.497 e. The van der Waals surface area contributed by atoms with Gasteiger partial charge in [-0.25, -0.2) is 9.78 Å². The molecule has 0 saturated carbocycles. The van der Waals surface area contributed by atoms with Gasteiger partial charge in [0.15, 0.2) is 0 Å². The van der Waals surface area contributed by atoms with Gasteiger partial charge in [0.05, 0.1) is 19.2 Å². The third-order valence-corrected chi connectivity index (χ3v) is 7.71. The van der Waals surface area contributed by atoms with Crippen LogP contribution < -0.4 is 20.7 Å². The van der Waals surface area contributed by atoms with Crippen molar-refractivity contribution in [2.45, 2.75) is 12.5 Å². The maximum absolute atomic E-state index is 13.1. The maximum atomic E-state index is 13.1. The molecule has 0 aliphatic carbocycles. The van der Waals surface area contributed by atoms with E-state index in [1.807, 2.05) is 24.3 Å². The van der Waals surface area contributed by atoms with E-state index < -0.39 is 0 Å². The number of rotatable bonds is 4. The van der Waals surface area contributed by atoms with Gasteiger partial charge in [0.1, 0.15) is 21.0 Å². The van der Waals surface area contributed by atoms with Crippen LogP contribution in [0.5, 0.6) is 11.5 Å². The van der Waals surface area contributed by atoms with Crippen LogP contribution in [0, 0.1) is 5.92 Å². The number of methoxy groups -OCH3 is 1. The van der Waals surface area contributed by atoms with Gasteiger partial charge in [-0.15, -0.1) is 23.7 Å². The highest BCUT2D eigenvalue weighted by atomic mass is 35.5. The Morgan fingerprint density at radius 3 is 2.97 bits per heavy atom. The molecular weight excluding hydrogens is 464 g/mol. The van der Waals surface area contributed by atoms with Crippen molar-refractivity contribution in [3.63, 3.8) is 0 Å². The van der Waals surface area contributed by atoms with Crippen LogP contribution in [-0.2, 0) is 6.54 Å². The van der Waals surface area contributed by atoms with E-state index >= 15 is 0 Å². The standard InChI is InChI=1S/C23H22N4O4S.ClH/c1-30-14-4-5-18-16(9-14)17-11-26(10-13(17)12-31-18)7-8-27-22(28)20-19(25-23(27)29)15-3-2-6-24-21(15)32-20;/h2-6,9,13,17H,7-8,10-12H2,1H3,(H,25,29);1H/t13-,17-;/m1./s1. The zero-order valence-corrected chi connectivity index (χ0v) is 19.6. The predicted molar refractivity (Wildman–Crippen MR) is 130 cm³/mol. The number of fused-ring (bicyclic) bond motifs is 6.